The van der Waals surface area contributed by atoms with Crippen molar-refractivity contribution in [2.45, 2.75) is 12.1 Å². The lowest BCUT2D eigenvalue weighted by Gasteiger charge is -2.09. The number of hydrogen-bond acceptors (Lipinski definition) is 8. The minimum absolute atomic E-state index is 0.0172. The molecule has 0 aliphatic heterocycles. The van der Waals surface area contributed by atoms with E-state index < -0.39 is 4.92 Å². The lowest BCUT2D eigenvalue weighted by atomic mass is 10.2. The van der Waals surface area contributed by atoms with Crippen molar-refractivity contribution in [3.8, 4) is 17.1 Å². The third kappa shape index (κ3) is 5.79. The smallest absolute Gasteiger partial charge is 0.273 e. The number of carbonyl (C=O) groups is 2. The standard InChI is InChI=1S/C19H18N6O5S/c1-11(26)20-13-5-3-4-12(8-13)18-22-19(24-23-18)31-10-17(27)21-15-7-6-14(25(28)29)9-16(15)30-2/h3-9H,10H2,1-2H3,(H,20,26)(H,21,27)(H,22,23,24). The Hall–Kier alpha value is -3.93. The Kier molecular flexibility index (Phi) is 6.82. The van der Waals surface area contributed by atoms with E-state index in [1.165, 1.54) is 32.2 Å². The van der Waals surface area contributed by atoms with Crippen LogP contribution in [0.1, 0.15) is 6.92 Å². The van der Waals surface area contributed by atoms with Crippen molar-refractivity contribution in [3.05, 3.63) is 52.6 Å². The van der Waals surface area contributed by atoms with Crippen LogP contribution in [-0.4, -0.2) is 44.8 Å². The fourth-order valence-electron chi connectivity index (χ4n) is 2.60. The van der Waals surface area contributed by atoms with Gasteiger partial charge in [0.25, 0.3) is 5.69 Å². The summed E-state index contributed by atoms with van der Waals surface area (Å²) in [4.78, 5) is 38.1. The van der Waals surface area contributed by atoms with Crippen molar-refractivity contribution >= 4 is 40.6 Å². The lowest BCUT2D eigenvalue weighted by molar-refractivity contribution is -0.384. The molecule has 0 atom stereocenters. The molecule has 0 fully saturated rings. The number of nitrogens with one attached hydrogen (secondary N) is 3. The van der Waals surface area contributed by atoms with E-state index in [-0.39, 0.29) is 29.0 Å². The van der Waals surface area contributed by atoms with Gasteiger partial charge in [0.15, 0.2) is 5.82 Å². The zero-order chi connectivity index (χ0) is 22.4. The minimum atomic E-state index is -0.545. The van der Waals surface area contributed by atoms with Crippen molar-refractivity contribution in [1.82, 2.24) is 15.2 Å². The van der Waals surface area contributed by atoms with Crippen LogP contribution in [0.25, 0.3) is 11.4 Å². The maximum atomic E-state index is 12.3. The number of H-pyrrole nitrogens is 1. The molecule has 2 amide bonds. The fraction of sp³-hybridized carbons (Fsp3) is 0.158. The summed E-state index contributed by atoms with van der Waals surface area (Å²) in [6.45, 7) is 1.42. The Balaban J connectivity index is 1.61. The lowest BCUT2D eigenvalue weighted by Crippen LogP contribution is -2.14. The summed E-state index contributed by atoms with van der Waals surface area (Å²) in [7, 11) is 1.36. The number of non-ortho nitro benzene ring substituents is 1. The maximum Gasteiger partial charge on any atom is 0.273 e. The summed E-state index contributed by atoms with van der Waals surface area (Å²) in [6.07, 6.45) is 0. The van der Waals surface area contributed by atoms with E-state index in [2.05, 4.69) is 25.8 Å². The summed E-state index contributed by atoms with van der Waals surface area (Å²) in [5.74, 6) is 0.167. The van der Waals surface area contributed by atoms with Gasteiger partial charge in [-0.1, -0.05) is 23.9 Å². The fourth-order valence-corrected chi connectivity index (χ4v) is 3.20. The van der Waals surface area contributed by atoms with Crippen molar-refractivity contribution in [2.24, 2.45) is 0 Å². The second kappa shape index (κ2) is 9.71. The summed E-state index contributed by atoms with van der Waals surface area (Å²) >= 11 is 1.12. The number of benzene rings is 2. The number of rotatable bonds is 8. The predicted octanol–water partition coefficient (Wildman–Crippen LogP) is 3.08. The van der Waals surface area contributed by atoms with Gasteiger partial charge in [-0.3, -0.25) is 24.8 Å². The van der Waals surface area contributed by atoms with E-state index in [4.69, 9.17) is 4.74 Å². The largest absolute Gasteiger partial charge is 0.494 e. The number of aromatic nitrogens is 3. The summed E-state index contributed by atoms with van der Waals surface area (Å²) in [5, 5.41) is 23.5. The summed E-state index contributed by atoms with van der Waals surface area (Å²) in [5.41, 5.74) is 1.54. The van der Waals surface area contributed by atoms with Crippen LogP contribution in [0.5, 0.6) is 5.75 Å². The van der Waals surface area contributed by atoms with Crippen LogP contribution in [0.2, 0.25) is 0 Å². The number of amides is 2. The van der Waals surface area contributed by atoms with E-state index >= 15 is 0 Å². The van der Waals surface area contributed by atoms with Gasteiger partial charge in [0.1, 0.15) is 5.75 Å². The third-order valence-electron chi connectivity index (χ3n) is 3.92. The van der Waals surface area contributed by atoms with Crippen LogP contribution in [0.4, 0.5) is 17.1 Å². The number of nitro groups is 1. The number of aromatic amines is 1. The van der Waals surface area contributed by atoms with Crippen LogP contribution < -0.4 is 15.4 Å². The topological polar surface area (TPSA) is 152 Å². The molecule has 31 heavy (non-hydrogen) atoms. The van der Waals surface area contributed by atoms with Gasteiger partial charge in [0.2, 0.25) is 17.0 Å². The van der Waals surface area contributed by atoms with Crippen molar-refractivity contribution in [2.75, 3.05) is 23.5 Å². The SMILES string of the molecule is COc1cc([N+](=O)[O-])ccc1NC(=O)CSc1n[nH]c(-c2cccc(NC(C)=O)c2)n1. The first-order valence-electron chi connectivity index (χ1n) is 8.91. The van der Waals surface area contributed by atoms with Gasteiger partial charge in [0.05, 0.1) is 29.5 Å². The molecule has 3 aromatic rings. The van der Waals surface area contributed by atoms with E-state index in [0.29, 0.717) is 22.4 Å². The quantitative estimate of drug-likeness (QED) is 0.273. The zero-order valence-corrected chi connectivity index (χ0v) is 17.4. The van der Waals surface area contributed by atoms with Crippen LogP contribution in [0.15, 0.2) is 47.6 Å². The van der Waals surface area contributed by atoms with Gasteiger partial charge in [0, 0.05) is 24.2 Å². The second-order valence-corrected chi connectivity index (χ2v) is 7.15. The molecule has 1 heterocycles. The number of anilines is 2. The molecule has 0 radical (unpaired) electrons. The van der Waals surface area contributed by atoms with Gasteiger partial charge in [-0.2, -0.15) is 0 Å². The number of ether oxygens (including phenoxy) is 1. The molecule has 2 aromatic carbocycles. The Morgan fingerprint density at radius 1 is 1.23 bits per heavy atom. The van der Waals surface area contributed by atoms with Gasteiger partial charge >= 0.3 is 0 Å². The predicted molar refractivity (Wildman–Crippen MR) is 115 cm³/mol. The van der Waals surface area contributed by atoms with E-state index in [1.807, 2.05) is 6.07 Å². The van der Waals surface area contributed by atoms with Gasteiger partial charge in [-0.05, 0) is 18.2 Å². The molecular weight excluding hydrogens is 424 g/mol. The molecule has 0 aliphatic carbocycles. The number of nitro benzene ring substituents is 1. The third-order valence-corrected chi connectivity index (χ3v) is 4.77. The highest BCUT2D eigenvalue weighted by molar-refractivity contribution is 7.99. The van der Waals surface area contributed by atoms with Crippen LogP contribution in [0.3, 0.4) is 0 Å². The Morgan fingerprint density at radius 2 is 2.03 bits per heavy atom. The number of carbonyl (C=O) groups excluding carboxylic acids is 2. The second-order valence-electron chi connectivity index (χ2n) is 6.21. The first kappa shape index (κ1) is 21.8. The maximum absolute atomic E-state index is 12.3. The van der Waals surface area contributed by atoms with Gasteiger partial charge in [-0.25, -0.2) is 4.98 Å². The average Bonchev–Trinajstić information content (AvgIpc) is 3.21. The minimum Gasteiger partial charge on any atom is -0.494 e. The highest BCUT2D eigenvalue weighted by atomic mass is 32.2. The normalized spacial score (nSPS) is 10.4. The average molecular weight is 442 g/mol. The Labute approximate surface area is 180 Å². The highest BCUT2D eigenvalue weighted by Crippen LogP contribution is 2.29. The first-order chi connectivity index (χ1) is 14.9. The summed E-state index contributed by atoms with van der Waals surface area (Å²) < 4.78 is 5.10. The van der Waals surface area contributed by atoms with Crippen LogP contribution >= 0.6 is 11.8 Å². The van der Waals surface area contributed by atoms with Gasteiger partial charge in [-0.15, -0.1) is 5.10 Å². The van der Waals surface area contributed by atoms with Gasteiger partial charge < -0.3 is 15.4 Å². The molecule has 0 saturated carbocycles. The van der Waals surface area contributed by atoms with E-state index in [9.17, 15) is 19.7 Å². The Morgan fingerprint density at radius 3 is 2.74 bits per heavy atom. The molecule has 0 aliphatic rings. The monoisotopic (exact) mass is 442 g/mol. The molecule has 0 saturated heterocycles. The highest BCUT2D eigenvalue weighted by Gasteiger charge is 2.15. The van der Waals surface area contributed by atoms with Crippen molar-refractivity contribution in [3.63, 3.8) is 0 Å². The first-order valence-corrected chi connectivity index (χ1v) is 9.90. The van der Waals surface area contributed by atoms with Crippen LogP contribution in [0, 0.1) is 10.1 Å². The van der Waals surface area contributed by atoms with Crippen molar-refractivity contribution in [1.29, 1.82) is 0 Å². The van der Waals surface area contributed by atoms with Crippen LogP contribution in [-0.2, 0) is 9.59 Å². The van der Waals surface area contributed by atoms with E-state index in [1.54, 1.807) is 18.2 Å². The molecule has 0 unspecified atom stereocenters. The molecule has 3 N–H and O–H groups in total. The molecule has 1 aromatic heterocycles. The zero-order valence-electron chi connectivity index (χ0n) is 16.5. The molecule has 160 valence electrons. The number of nitrogens with zero attached hydrogens (tertiary/aromatic N) is 3. The number of methoxy groups -OCH3 is 1. The Bertz CT molecular complexity index is 1130. The number of thioether (sulfide) groups is 1. The summed E-state index contributed by atoms with van der Waals surface area (Å²) in [6, 6.07) is 11.0. The van der Waals surface area contributed by atoms with E-state index in [0.717, 1.165) is 17.3 Å². The van der Waals surface area contributed by atoms with Crippen molar-refractivity contribution < 1.29 is 19.2 Å². The molecule has 3 rings (SSSR count). The number of hydrogen-bond donors (Lipinski definition) is 3. The molecular formula is C19H18N6O5S. The molecule has 12 heteroatoms. The molecule has 0 bridgehead atoms. The molecule has 0 spiro atoms. The molecule has 11 nitrogen and oxygen atoms in total.